The minimum absolute atomic E-state index is 0.0196. The lowest BCUT2D eigenvalue weighted by Crippen LogP contribution is -2.13. The van der Waals surface area contributed by atoms with Crippen molar-refractivity contribution in [2.75, 3.05) is 7.11 Å². The number of rotatable bonds is 7. The molecule has 0 spiro atoms. The summed E-state index contributed by atoms with van der Waals surface area (Å²) in [7, 11) is -2.51. The van der Waals surface area contributed by atoms with Crippen molar-refractivity contribution in [1.82, 2.24) is 3.97 Å². The maximum Gasteiger partial charge on any atom is 0.268 e. The molecule has 220 valence electrons. The molecule has 0 radical (unpaired) electrons. The number of fused-ring (bicyclic) bond motifs is 3. The van der Waals surface area contributed by atoms with E-state index in [1.54, 1.807) is 60.7 Å². The molecule has 0 saturated carbocycles. The summed E-state index contributed by atoms with van der Waals surface area (Å²) < 4.78 is 34.9. The Morgan fingerprint density at radius 1 is 0.659 bits per heavy atom. The number of methoxy groups -OCH3 is 1. The maximum atomic E-state index is 14.2. The first-order valence-corrected chi connectivity index (χ1v) is 14.8. The van der Waals surface area contributed by atoms with Crippen LogP contribution in [0.1, 0.15) is 11.1 Å². The molecule has 0 atom stereocenters. The second-order valence-corrected chi connectivity index (χ2v) is 11.8. The Balaban J connectivity index is 1.61. The van der Waals surface area contributed by atoms with Gasteiger partial charge in [0.15, 0.2) is 11.7 Å². The minimum Gasteiger partial charge on any atom is -0.497 e. The van der Waals surface area contributed by atoms with E-state index in [1.807, 2.05) is 36.4 Å². The van der Waals surface area contributed by atoms with Crippen molar-refractivity contribution in [2.45, 2.75) is 4.90 Å². The second-order valence-electron chi connectivity index (χ2n) is 10.0. The molecule has 5 aromatic carbocycles. The molecule has 0 bridgehead atoms. The van der Waals surface area contributed by atoms with Crippen LogP contribution in [0, 0.1) is 0 Å². The van der Waals surface area contributed by atoms with Crippen LogP contribution in [-0.4, -0.2) is 41.6 Å². The van der Waals surface area contributed by atoms with E-state index in [1.165, 1.54) is 23.2 Å². The molecule has 6 rings (SSSR count). The molecule has 10 nitrogen and oxygen atoms in total. The predicted molar refractivity (Wildman–Crippen MR) is 171 cm³/mol. The largest absolute Gasteiger partial charge is 0.497 e. The molecule has 0 saturated heterocycles. The van der Waals surface area contributed by atoms with E-state index in [0.29, 0.717) is 38.7 Å². The van der Waals surface area contributed by atoms with E-state index in [2.05, 4.69) is 10.3 Å². The Kier molecular flexibility index (Phi) is 7.15. The van der Waals surface area contributed by atoms with E-state index in [0.717, 1.165) is 22.3 Å². The van der Waals surface area contributed by atoms with Crippen LogP contribution in [-0.2, 0) is 10.0 Å². The molecule has 0 aliphatic heterocycles. The van der Waals surface area contributed by atoms with E-state index in [-0.39, 0.29) is 16.6 Å². The highest BCUT2D eigenvalue weighted by Gasteiger charge is 2.24. The van der Waals surface area contributed by atoms with Gasteiger partial charge in [-0.15, -0.1) is 0 Å². The molecule has 0 aliphatic carbocycles. The number of benzene rings is 5. The average molecular weight is 606 g/mol. The number of hydrogen-bond acceptors (Lipinski definition) is 7. The number of amidine groups is 2. The summed E-state index contributed by atoms with van der Waals surface area (Å²) in [5.74, 6) is 0.506. The second kappa shape index (κ2) is 11.1. The zero-order valence-electron chi connectivity index (χ0n) is 23.4. The van der Waals surface area contributed by atoms with Gasteiger partial charge in [-0.25, -0.2) is 12.4 Å². The molecule has 44 heavy (non-hydrogen) atoms. The number of ether oxygens (including phenoxy) is 1. The van der Waals surface area contributed by atoms with Gasteiger partial charge in [0.1, 0.15) is 5.75 Å². The lowest BCUT2D eigenvalue weighted by atomic mass is 9.98. The van der Waals surface area contributed by atoms with Crippen molar-refractivity contribution in [3.05, 3.63) is 120 Å². The molecule has 0 unspecified atom stereocenters. The fourth-order valence-electron chi connectivity index (χ4n) is 5.29. The van der Waals surface area contributed by atoms with Crippen LogP contribution >= 0.6 is 0 Å². The van der Waals surface area contributed by atoms with Crippen molar-refractivity contribution in [1.29, 1.82) is 0 Å². The Hall–Kier alpha value is -5.81. The average Bonchev–Trinajstić information content (AvgIpc) is 3.41. The first-order valence-electron chi connectivity index (χ1n) is 13.4. The molecule has 1 aromatic heterocycles. The SMILES string of the molecule is COc1ccc(S(=O)(=O)n2c3ccc(-c4cccc(/C(N)=N/O)c4)cc3c3cc(-c4cccc(/C(N)=N/O)c4)ccc32)cc1. The molecule has 0 amide bonds. The summed E-state index contributed by atoms with van der Waals surface area (Å²) in [6.07, 6.45) is 0. The standard InChI is InChI=1S/C33H27N5O5S/c1-43-26-10-12-27(13-11-26)44(41,42)38-30-14-8-22(20-4-2-6-24(16-20)32(34)36-39)18-28(30)29-19-23(9-15-31(29)38)21-5-3-7-25(17-21)33(35)37-40/h2-19,39-40H,1H3,(H2,34,36)(H2,35,37). The molecule has 0 fully saturated rings. The first-order chi connectivity index (χ1) is 21.2. The summed E-state index contributed by atoms with van der Waals surface area (Å²) in [5.41, 5.74) is 17.0. The topological polar surface area (TPSA) is 166 Å². The van der Waals surface area contributed by atoms with Crippen molar-refractivity contribution in [3.8, 4) is 28.0 Å². The third-order valence-corrected chi connectivity index (χ3v) is 9.26. The Morgan fingerprint density at radius 2 is 1.11 bits per heavy atom. The van der Waals surface area contributed by atoms with E-state index < -0.39 is 10.0 Å². The molecule has 11 heteroatoms. The summed E-state index contributed by atoms with van der Waals surface area (Å²) in [4.78, 5) is 0.114. The van der Waals surface area contributed by atoms with Gasteiger partial charge >= 0.3 is 0 Å². The normalized spacial score (nSPS) is 12.6. The van der Waals surface area contributed by atoms with Gasteiger partial charge in [0.2, 0.25) is 0 Å². The van der Waals surface area contributed by atoms with E-state index in [4.69, 9.17) is 26.6 Å². The van der Waals surface area contributed by atoms with Gasteiger partial charge in [0, 0.05) is 21.9 Å². The zero-order valence-corrected chi connectivity index (χ0v) is 24.2. The van der Waals surface area contributed by atoms with E-state index in [9.17, 15) is 8.42 Å². The molecule has 1 heterocycles. The predicted octanol–water partition coefficient (Wildman–Crippen LogP) is 5.56. The van der Waals surface area contributed by atoms with Crippen LogP contribution < -0.4 is 16.2 Å². The summed E-state index contributed by atoms with van der Waals surface area (Å²) in [5, 5.41) is 25.9. The highest BCUT2D eigenvalue weighted by molar-refractivity contribution is 7.90. The molecular weight excluding hydrogens is 578 g/mol. The Labute approximate surface area is 252 Å². The Bertz CT molecular complexity index is 2100. The fourth-order valence-corrected chi connectivity index (χ4v) is 6.82. The Morgan fingerprint density at radius 3 is 1.55 bits per heavy atom. The van der Waals surface area contributed by atoms with E-state index >= 15 is 0 Å². The smallest absolute Gasteiger partial charge is 0.268 e. The number of nitrogens with zero attached hydrogens (tertiary/aromatic N) is 3. The van der Waals surface area contributed by atoms with Crippen LogP contribution in [0.4, 0.5) is 0 Å². The molecule has 6 N–H and O–H groups in total. The van der Waals surface area contributed by atoms with Crippen molar-refractivity contribution in [2.24, 2.45) is 21.8 Å². The van der Waals surface area contributed by atoms with Gasteiger partial charge in [-0.3, -0.25) is 0 Å². The quantitative estimate of drug-likeness (QED) is 0.0800. The number of oxime groups is 2. The number of hydrogen-bond donors (Lipinski definition) is 4. The van der Waals surface area contributed by atoms with Gasteiger partial charge in [0.25, 0.3) is 10.0 Å². The molecular formula is C33H27N5O5S. The third kappa shape index (κ3) is 4.84. The van der Waals surface area contributed by atoms with Gasteiger partial charge in [-0.1, -0.05) is 58.8 Å². The summed E-state index contributed by atoms with van der Waals surface area (Å²) in [6, 6.07) is 31.8. The zero-order chi connectivity index (χ0) is 31.0. The first kappa shape index (κ1) is 28.3. The fraction of sp³-hybridized carbons (Fsp3) is 0.0303. The van der Waals surface area contributed by atoms with Gasteiger partial charge in [-0.05, 0) is 82.9 Å². The third-order valence-electron chi connectivity index (χ3n) is 7.52. The number of aromatic nitrogens is 1. The van der Waals surface area contributed by atoms with Crippen LogP contribution in [0.2, 0.25) is 0 Å². The lowest BCUT2D eigenvalue weighted by Gasteiger charge is -2.11. The highest BCUT2D eigenvalue weighted by Crippen LogP contribution is 2.38. The molecule has 6 aromatic rings. The highest BCUT2D eigenvalue weighted by atomic mass is 32.2. The van der Waals surface area contributed by atoms with Crippen LogP contribution in [0.3, 0.4) is 0 Å². The minimum atomic E-state index is -4.03. The number of nitrogens with two attached hydrogens (primary N) is 2. The summed E-state index contributed by atoms with van der Waals surface area (Å²) in [6.45, 7) is 0. The van der Waals surface area contributed by atoms with Crippen molar-refractivity contribution < 1.29 is 23.6 Å². The van der Waals surface area contributed by atoms with Crippen molar-refractivity contribution >= 4 is 43.5 Å². The lowest BCUT2D eigenvalue weighted by molar-refractivity contribution is 0.318. The monoisotopic (exact) mass is 605 g/mol. The van der Waals surface area contributed by atoms with Crippen LogP contribution in [0.25, 0.3) is 44.1 Å². The van der Waals surface area contributed by atoms with Gasteiger partial charge in [0.05, 0.1) is 23.0 Å². The van der Waals surface area contributed by atoms with Crippen LogP contribution in [0.5, 0.6) is 5.75 Å². The van der Waals surface area contributed by atoms with Crippen LogP contribution in [0.15, 0.2) is 124 Å². The van der Waals surface area contributed by atoms with Gasteiger partial charge in [-0.2, -0.15) is 0 Å². The maximum absolute atomic E-state index is 14.2. The summed E-state index contributed by atoms with van der Waals surface area (Å²) >= 11 is 0. The van der Waals surface area contributed by atoms with Gasteiger partial charge < -0.3 is 26.6 Å². The molecule has 0 aliphatic rings. The van der Waals surface area contributed by atoms with Crippen molar-refractivity contribution in [3.63, 3.8) is 0 Å².